The van der Waals surface area contributed by atoms with Crippen molar-refractivity contribution in [3.63, 3.8) is 0 Å². The van der Waals surface area contributed by atoms with Crippen molar-refractivity contribution in [2.24, 2.45) is 0 Å². The quantitative estimate of drug-likeness (QED) is 0.373. The number of ether oxygens (including phenoxy) is 1. The molecule has 0 aliphatic carbocycles. The van der Waals surface area contributed by atoms with Crippen LogP contribution in [0.1, 0.15) is 24.2 Å². The number of aromatic nitrogens is 2. The number of hydrogen-bond acceptors (Lipinski definition) is 5. The van der Waals surface area contributed by atoms with E-state index in [4.69, 9.17) is 14.7 Å². The minimum Gasteiger partial charge on any atom is -0.494 e. The van der Waals surface area contributed by atoms with Gasteiger partial charge in [-0.25, -0.2) is 9.97 Å². The normalized spacial score (nSPS) is 10.9. The number of unbranched alkanes of at least 4 members (excludes halogenated alkanes) is 1. The predicted octanol–water partition coefficient (Wildman–Crippen LogP) is 5.71. The van der Waals surface area contributed by atoms with Gasteiger partial charge in [-0.3, -0.25) is 0 Å². The third-order valence-corrected chi connectivity index (χ3v) is 5.37. The highest BCUT2D eigenvalue weighted by Gasteiger charge is 2.09. The molecule has 0 aliphatic rings. The molecule has 0 fully saturated rings. The average Bonchev–Trinajstić information content (AvgIpc) is 3.22. The molecule has 4 nitrogen and oxygen atoms in total. The van der Waals surface area contributed by atoms with Crippen molar-refractivity contribution < 1.29 is 4.74 Å². The topological polar surface area (TPSA) is 47.0 Å². The number of para-hydroxylation sites is 1. The van der Waals surface area contributed by atoms with Gasteiger partial charge in [-0.2, -0.15) is 0 Å². The molecule has 0 atom stereocenters. The minimum absolute atomic E-state index is 0.712. The van der Waals surface area contributed by atoms with Gasteiger partial charge in [0.1, 0.15) is 17.4 Å². The Morgan fingerprint density at radius 3 is 2.46 bits per heavy atom. The molecule has 5 heteroatoms. The molecule has 0 amide bonds. The van der Waals surface area contributed by atoms with Gasteiger partial charge in [-0.15, -0.1) is 11.3 Å². The van der Waals surface area contributed by atoms with Crippen molar-refractivity contribution >= 4 is 27.4 Å². The van der Waals surface area contributed by atoms with Crippen LogP contribution in [0, 0.1) is 0 Å². The SMILES string of the molecule is c1ccc(CNc2nc(CCCCOc3ccccc3)nc3ccsc23)cc1. The standard InChI is InChI=1S/C23H23N3OS/c1-3-9-18(10-4-1)17-24-23-22-20(14-16-28-22)25-21(26-23)13-7-8-15-27-19-11-5-2-6-12-19/h1-6,9-12,14,16H,7-8,13,15,17H2,(H,24,25,26). The third kappa shape index (κ3) is 4.87. The minimum atomic E-state index is 0.712. The van der Waals surface area contributed by atoms with Crippen molar-refractivity contribution in [1.29, 1.82) is 0 Å². The average molecular weight is 390 g/mol. The largest absolute Gasteiger partial charge is 0.494 e. The zero-order valence-corrected chi connectivity index (χ0v) is 16.5. The van der Waals surface area contributed by atoms with Crippen LogP contribution in [0.5, 0.6) is 5.75 Å². The molecular formula is C23H23N3OS. The highest BCUT2D eigenvalue weighted by Crippen LogP contribution is 2.26. The molecule has 0 unspecified atom stereocenters. The van der Waals surface area contributed by atoms with Crippen LogP contribution in [0.4, 0.5) is 5.82 Å². The lowest BCUT2D eigenvalue weighted by Crippen LogP contribution is -2.05. The Morgan fingerprint density at radius 1 is 0.857 bits per heavy atom. The first-order chi connectivity index (χ1) is 13.9. The molecule has 0 aliphatic heterocycles. The number of fused-ring (bicyclic) bond motifs is 1. The maximum Gasteiger partial charge on any atom is 0.148 e. The number of thiophene rings is 1. The molecule has 0 saturated carbocycles. The summed E-state index contributed by atoms with van der Waals surface area (Å²) in [4.78, 5) is 9.52. The van der Waals surface area contributed by atoms with E-state index in [1.165, 1.54) is 5.56 Å². The van der Waals surface area contributed by atoms with E-state index in [9.17, 15) is 0 Å². The molecule has 0 saturated heterocycles. The summed E-state index contributed by atoms with van der Waals surface area (Å²) in [6.07, 6.45) is 2.83. The van der Waals surface area contributed by atoms with Crippen LogP contribution >= 0.6 is 11.3 Å². The fourth-order valence-corrected chi connectivity index (χ4v) is 3.81. The molecule has 2 aromatic carbocycles. The van der Waals surface area contributed by atoms with E-state index in [1.807, 2.05) is 36.4 Å². The third-order valence-electron chi connectivity index (χ3n) is 4.46. The van der Waals surface area contributed by atoms with Crippen LogP contribution in [0.2, 0.25) is 0 Å². The Kier molecular flexibility index (Phi) is 6.15. The summed E-state index contributed by atoms with van der Waals surface area (Å²) < 4.78 is 6.88. The van der Waals surface area contributed by atoms with E-state index in [0.29, 0.717) is 6.61 Å². The first-order valence-electron chi connectivity index (χ1n) is 9.58. The lowest BCUT2D eigenvalue weighted by atomic mass is 10.2. The van der Waals surface area contributed by atoms with Crippen molar-refractivity contribution in [1.82, 2.24) is 9.97 Å². The van der Waals surface area contributed by atoms with Gasteiger partial charge in [-0.1, -0.05) is 48.5 Å². The van der Waals surface area contributed by atoms with Gasteiger partial charge in [0.25, 0.3) is 0 Å². The van der Waals surface area contributed by atoms with Crippen LogP contribution < -0.4 is 10.1 Å². The maximum absolute atomic E-state index is 5.76. The lowest BCUT2D eigenvalue weighted by molar-refractivity contribution is 0.306. The molecule has 0 spiro atoms. The predicted molar refractivity (Wildman–Crippen MR) is 116 cm³/mol. The van der Waals surface area contributed by atoms with E-state index in [2.05, 4.69) is 41.0 Å². The van der Waals surface area contributed by atoms with E-state index < -0.39 is 0 Å². The van der Waals surface area contributed by atoms with Crippen molar-refractivity contribution in [3.05, 3.63) is 83.5 Å². The molecule has 28 heavy (non-hydrogen) atoms. The Balaban J connectivity index is 1.34. The molecule has 2 heterocycles. The molecule has 4 aromatic rings. The summed E-state index contributed by atoms with van der Waals surface area (Å²) in [6.45, 7) is 1.47. The van der Waals surface area contributed by atoms with Crippen LogP contribution in [0.3, 0.4) is 0 Å². The molecule has 0 bridgehead atoms. The summed E-state index contributed by atoms with van der Waals surface area (Å²) in [7, 11) is 0. The van der Waals surface area contributed by atoms with Crippen LogP contribution in [-0.4, -0.2) is 16.6 Å². The van der Waals surface area contributed by atoms with E-state index in [1.54, 1.807) is 11.3 Å². The number of nitrogens with one attached hydrogen (secondary N) is 1. The van der Waals surface area contributed by atoms with Gasteiger partial charge in [0, 0.05) is 13.0 Å². The molecule has 4 rings (SSSR count). The highest BCUT2D eigenvalue weighted by molar-refractivity contribution is 7.17. The number of hydrogen-bond donors (Lipinski definition) is 1. The van der Waals surface area contributed by atoms with Crippen molar-refractivity contribution in [3.8, 4) is 5.75 Å². The van der Waals surface area contributed by atoms with Crippen molar-refractivity contribution in [2.45, 2.75) is 25.8 Å². The zero-order chi connectivity index (χ0) is 19.0. The van der Waals surface area contributed by atoms with Gasteiger partial charge >= 0.3 is 0 Å². The smallest absolute Gasteiger partial charge is 0.148 e. The monoisotopic (exact) mass is 389 g/mol. The molecule has 0 radical (unpaired) electrons. The summed E-state index contributed by atoms with van der Waals surface area (Å²) in [5.41, 5.74) is 2.26. The summed E-state index contributed by atoms with van der Waals surface area (Å²) in [5, 5.41) is 5.56. The van der Waals surface area contributed by atoms with E-state index >= 15 is 0 Å². The Labute approximate surface area is 169 Å². The summed E-state index contributed by atoms with van der Waals surface area (Å²) >= 11 is 1.68. The van der Waals surface area contributed by atoms with E-state index in [0.717, 1.165) is 53.4 Å². The highest BCUT2D eigenvalue weighted by atomic mass is 32.1. The van der Waals surface area contributed by atoms with Gasteiger partial charge in [0.15, 0.2) is 0 Å². The summed E-state index contributed by atoms with van der Waals surface area (Å²) in [6, 6.07) is 22.4. The number of benzene rings is 2. The number of aryl methyl sites for hydroxylation is 1. The van der Waals surface area contributed by atoms with Crippen LogP contribution in [0.15, 0.2) is 72.1 Å². The second kappa shape index (κ2) is 9.33. The van der Waals surface area contributed by atoms with Gasteiger partial charge in [-0.05, 0) is 42.0 Å². The first kappa shape index (κ1) is 18.4. The van der Waals surface area contributed by atoms with Gasteiger partial charge in [0.2, 0.25) is 0 Å². The molecule has 142 valence electrons. The van der Waals surface area contributed by atoms with Crippen LogP contribution in [0.25, 0.3) is 10.2 Å². The Hall–Kier alpha value is -2.92. The first-order valence-corrected chi connectivity index (χ1v) is 10.5. The Morgan fingerprint density at radius 2 is 1.64 bits per heavy atom. The number of rotatable bonds is 9. The summed E-state index contributed by atoms with van der Waals surface area (Å²) in [5.74, 6) is 2.74. The Bertz CT molecular complexity index is 1000. The fraction of sp³-hybridized carbons (Fsp3) is 0.217. The zero-order valence-electron chi connectivity index (χ0n) is 15.7. The number of anilines is 1. The van der Waals surface area contributed by atoms with E-state index in [-0.39, 0.29) is 0 Å². The second-order valence-corrected chi connectivity index (χ2v) is 7.50. The molecule has 1 N–H and O–H groups in total. The van der Waals surface area contributed by atoms with Gasteiger partial charge < -0.3 is 10.1 Å². The lowest BCUT2D eigenvalue weighted by Gasteiger charge is -2.09. The van der Waals surface area contributed by atoms with Gasteiger partial charge in [0.05, 0.1) is 16.8 Å². The fourth-order valence-electron chi connectivity index (χ4n) is 3.02. The van der Waals surface area contributed by atoms with Crippen molar-refractivity contribution in [2.75, 3.05) is 11.9 Å². The molecular weight excluding hydrogens is 366 g/mol. The number of nitrogens with zero attached hydrogens (tertiary/aromatic N) is 2. The van der Waals surface area contributed by atoms with Crippen LogP contribution in [-0.2, 0) is 13.0 Å². The maximum atomic E-state index is 5.76. The second-order valence-electron chi connectivity index (χ2n) is 6.58. The molecule has 2 aromatic heterocycles.